The Morgan fingerprint density at radius 3 is 1.70 bits per heavy atom. The van der Waals surface area contributed by atoms with E-state index >= 15 is 0 Å². The number of aryl methyl sites for hydroxylation is 1. The van der Waals surface area contributed by atoms with Crippen molar-refractivity contribution in [3.05, 3.63) is 89.0 Å². The van der Waals surface area contributed by atoms with Crippen molar-refractivity contribution in [2.45, 2.75) is 27.4 Å². The molecule has 206 valence electrons. The Balaban J connectivity index is 1.52. The lowest BCUT2D eigenvalue weighted by Gasteiger charge is -2.09. The number of aromatic hydroxyl groups is 2. The Morgan fingerprint density at radius 1 is 0.700 bits per heavy atom. The zero-order valence-electron chi connectivity index (χ0n) is 21.9. The van der Waals surface area contributed by atoms with Crippen LogP contribution < -0.4 is 14.2 Å². The topological polar surface area (TPSA) is 146 Å². The summed E-state index contributed by atoms with van der Waals surface area (Å²) in [5.41, 5.74) is 2.41. The number of esters is 4. The van der Waals surface area contributed by atoms with Gasteiger partial charge in [-0.1, -0.05) is 18.2 Å². The maximum absolute atomic E-state index is 12.2. The van der Waals surface area contributed by atoms with Gasteiger partial charge in [0, 0.05) is 26.0 Å². The third-order valence-electron chi connectivity index (χ3n) is 5.20. The van der Waals surface area contributed by atoms with Crippen LogP contribution in [0.5, 0.6) is 28.7 Å². The summed E-state index contributed by atoms with van der Waals surface area (Å²) in [6.45, 7) is 4.18. The summed E-state index contributed by atoms with van der Waals surface area (Å²) in [7, 11) is 0. The van der Waals surface area contributed by atoms with Gasteiger partial charge in [0.25, 0.3) is 0 Å². The molecule has 3 rings (SSSR count). The van der Waals surface area contributed by atoms with Crippen LogP contribution in [0.15, 0.2) is 66.7 Å². The van der Waals surface area contributed by atoms with Crippen LogP contribution in [0.25, 0.3) is 12.2 Å². The number of rotatable bonds is 9. The van der Waals surface area contributed by atoms with Gasteiger partial charge in [0.05, 0.1) is 0 Å². The van der Waals surface area contributed by atoms with Crippen LogP contribution in [-0.2, 0) is 30.5 Å². The second-order valence-electron chi connectivity index (χ2n) is 8.43. The first-order valence-corrected chi connectivity index (χ1v) is 11.9. The largest absolute Gasteiger partial charge is 0.504 e. The SMILES string of the molecule is CC(=O)Oc1ccc(/C=C/C(=O)OCc2ccc(OC(=O)/C=C/c3ccc(OC(C)=O)c(O)c3)cc2C)cc1O. The van der Waals surface area contributed by atoms with E-state index in [1.54, 1.807) is 37.3 Å². The van der Waals surface area contributed by atoms with Crippen molar-refractivity contribution in [2.24, 2.45) is 0 Å². The maximum atomic E-state index is 12.2. The minimum atomic E-state index is -0.654. The summed E-state index contributed by atoms with van der Waals surface area (Å²) in [6, 6.07) is 13.5. The van der Waals surface area contributed by atoms with E-state index in [-0.39, 0.29) is 35.4 Å². The zero-order chi connectivity index (χ0) is 29.2. The molecule has 3 aromatic carbocycles. The average molecular weight is 547 g/mol. The lowest BCUT2D eigenvalue weighted by Crippen LogP contribution is -2.05. The normalized spacial score (nSPS) is 10.9. The molecular formula is C30H26O10. The molecule has 10 heteroatoms. The highest BCUT2D eigenvalue weighted by atomic mass is 16.5. The molecule has 0 unspecified atom stereocenters. The van der Waals surface area contributed by atoms with Crippen molar-refractivity contribution in [3.63, 3.8) is 0 Å². The fraction of sp³-hybridized carbons (Fsp3) is 0.133. The molecule has 3 aromatic rings. The monoisotopic (exact) mass is 546 g/mol. The summed E-state index contributed by atoms with van der Waals surface area (Å²) in [5, 5.41) is 19.8. The van der Waals surface area contributed by atoms with Gasteiger partial charge in [-0.2, -0.15) is 0 Å². The van der Waals surface area contributed by atoms with E-state index in [4.69, 9.17) is 18.9 Å². The Bertz CT molecular complexity index is 1500. The first kappa shape index (κ1) is 29.2. The highest BCUT2D eigenvalue weighted by molar-refractivity contribution is 5.89. The van der Waals surface area contributed by atoms with E-state index in [0.717, 1.165) is 5.56 Å². The van der Waals surface area contributed by atoms with Gasteiger partial charge in [-0.25, -0.2) is 9.59 Å². The third-order valence-corrected chi connectivity index (χ3v) is 5.20. The molecule has 0 saturated heterocycles. The number of ether oxygens (including phenoxy) is 4. The number of hydrogen-bond donors (Lipinski definition) is 2. The van der Waals surface area contributed by atoms with Crippen LogP contribution in [0.1, 0.15) is 36.1 Å². The first-order chi connectivity index (χ1) is 19.0. The third kappa shape index (κ3) is 8.88. The highest BCUT2D eigenvalue weighted by Crippen LogP contribution is 2.28. The van der Waals surface area contributed by atoms with Crippen LogP contribution in [-0.4, -0.2) is 34.1 Å². The molecule has 0 aliphatic carbocycles. The van der Waals surface area contributed by atoms with E-state index in [1.165, 1.54) is 62.4 Å². The molecule has 2 N–H and O–H groups in total. The molecule has 40 heavy (non-hydrogen) atoms. The second kappa shape index (κ2) is 13.4. The summed E-state index contributed by atoms with van der Waals surface area (Å²) in [6.07, 6.45) is 5.25. The molecule has 0 spiro atoms. The van der Waals surface area contributed by atoms with Crippen molar-refractivity contribution in [3.8, 4) is 28.7 Å². The Hall–Kier alpha value is -5.38. The predicted molar refractivity (Wildman–Crippen MR) is 144 cm³/mol. The van der Waals surface area contributed by atoms with Gasteiger partial charge in [-0.3, -0.25) is 9.59 Å². The van der Waals surface area contributed by atoms with Crippen molar-refractivity contribution >= 4 is 36.0 Å². The van der Waals surface area contributed by atoms with E-state index in [1.807, 2.05) is 0 Å². The molecule has 0 amide bonds. The Labute approximate surface area is 229 Å². The summed E-state index contributed by atoms with van der Waals surface area (Å²) >= 11 is 0. The molecule has 0 aromatic heterocycles. The lowest BCUT2D eigenvalue weighted by molar-refractivity contribution is -0.139. The Morgan fingerprint density at radius 2 is 1.23 bits per heavy atom. The molecule has 0 fully saturated rings. The maximum Gasteiger partial charge on any atom is 0.336 e. The van der Waals surface area contributed by atoms with Crippen molar-refractivity contribution < 1.29 is 48.3 Å². The molecule has 0 bridgehead atoms. The lowest BCUT2D eigenvalue weighted by atomic mass is 10.1. The predicted octanol–water partition coefficient (Wildman–Crippen LogP) is 4.63. The fourth-order valence-electron chi connectivity index (χ4n) is 3.33. The van der Waals surface area contributed by atoms with E-state index in [2.05, 4.69) is 0 Å². The molecular weight excluding hydrogens is 520 g/mol. The van der Waals surface area contributed by atoms with E-state index in [0.29, 0.717) is 16.7 Å². The number of phenolic OH excluding ortho intramolecular Hbond substituents is 2. The van der Waals surface area contributed by atoms with Gasteiger partial charge in [-0.15, -0.1) is 0 Å². The smallest absolute Gasteiger partial charge is 0.336 e. The number of carbonyl (C=O) groups is 4. The highest BCUT2D eigenvalue weighted by Gasteiger charge is 2.09. The zero-order valence-corrected chi connectivity index (χ0v) is 21.9. The summed E-state index contributed by atoms with van der Waals surface area (Å²) < 4.78 is 20.3. The van der Waals surface area contributed by atoms with Gasteiger partial charge in [0.1, 0.15) is 12.4 Å². The quantitative estimate of drug-likeness (QED) is 0.221. The summed E-state index contributed by atoms with van der Waals surface area (Å²) in [4.78, 5) is 46.4. The molecule has 0 saturated carbocycles. The van der Waals surface area contributed by atoms with Crippen molar-refractivity contribution in [1.82, 2.24) is 0 Å². The van der Waals surface area contributed by atoms with Gasteiger partial charge >= 0.3 is 23.9 Å². The van der Waals surface area contributed by atoms with Gasteiger partial charge < -0.3 is 29.2 Å². The number of carbonyl (C=O) groups excluding carboxylic acids is 4. The van der Waals surface area contributed by atoms with E-state index < -0.39 is 23.9 Å². The second-order valence-corrected chi connectivity index (χ2v) is 8.43. The standard InChI is InChI=1S/C30H26O10/c1-18-14-24(40-30(36)13-7-22-5-11-28(26(34)16-22)39-20(3)32)9-8-23(18)17-37-29(35)12-6-21-4-10-27(25(33)15-21)38-19(2)31/h4-16,33-34H,17H2,1-3H3/b12-6+,13-7+. The molecule has 10 nitrogen and oxygen atoms in total. The van der Waals surface area contributed by atoms with Crippen LogP contribution >= 0.6 is 0 Å². The molecule has 0 aliphatic rings. The number of hydrogen-bond acceptors (Lipinski definition) is 10. The average Bonchev–Trinajstić information content (AvgIpc) is 2.88. The fourth-order valence-corrected chi connectivity index (χ4v) is 3.33. The van der Waals surface area contributed by atoms with Crippen LogP contribution in [0.2, 0.25) is 0 Å². The molecule has 0 aliphatic heterocycles. The number of benzene rings is 3. The molecule has 0 radical (unpaired) electrons. The first-order valence-electron chi connectivity index (χ1n) is 11.9. The van der Waals surface area contributed by atoms with Crippen LogP contribution in [0, 0.1) is 6.92 Å². The van der Waals surface area contributed by atoms with Gasteiger partial charge in [-0.05, 0) is 77.7 Å². The van der Waals surface area contributed by atoms with Crippen molar-refractivity contribution in [2.75, 3.05) is 0 Å². The van der Waals surface area contributed by atoms with E-state index in [9.17, 15) is 29.4 Å². The molecule has 0 atom stereocenters. The van der Waals surface area contributed by atoms with Crippen LogP contribution in [0.4, 0.5) is 0 Å². The molecule has 0 heterocycles. The van der Waals surface area contributed by atoms with Gasteiger partial charge in [0.2, 0.25) is 0 Å². The minimum absolute atomic E-state index is 0.0112. The minimum Gasteiger partial charge on any atom is -0.504 e. The Kier molecular flexibility index (Phi) is 9.79. The van der Waals surface area contributed by atoms with Crippen molar-refractivity contribution in [1.29, 1.82) is 0 Å². The van der Waals surface area contributed by atoms with Gasteiger partial charge in [0.15, 0.2) is 23.0 Å². The van der Waals surface area contributed by atoms with Crippen LogP contribution in [0.3, 0.4) is 0 Å². The number of phenols is 2. The summed E-state index contributed by atoms with van der Waals surface area (Å²) in [5.74, 6) is -2.58.